The SMILES string of the molecule is COC(=O)c1nc(-n2c(C)nnc2-c2ccccc2)nc(NC(C)(C)C)c1C(=O)OC. The summed E-state index contributed by atoms with van der Waals surface area (Å²) < 4.78 is 11.4. The molecule has 2 aromatic heterocycles. The van der Waals surface area contributed by atoms with Gasteiger partial charge in [0.1, 0.15) is 17.2 Å². The van der Waals surface area contributed by atoms with E-state index in [-0.39, 0.29) is 23.0 Å². The van der Waals surface area contributed by atoms with Crippen LogP contribution in [-0.2, 0) is 9.47 Å². The highest BCUT2D eigenvalue weighted by Crippen LogP contribution is 2.26. The highest BCUT2D eigenvalue weighted by molar-refractivity contribution is 6.05. The monoisotopic (exact) mass is 424 g/mol. The number of hydrogen-bond donors (Lipinski definition) is 1. The number of anilines is 1. The van der Waals surface area contributed by atoms with Crippen molar-refractivity contribution >= 4 is 17.8 Å². The average Bonchev–Trinajstić information content (AvgIpc) is 3.13. The van der Waals surface area contributed by atoms with E-state index >= 15 is 0 Å². The van der Waals surface area contributed by atoms with E-state index in [0.29, 0.717) is 11.6 Å². The Kier molecular flexibility index (Phi) is 6.00. The van der Waals surface area contributed by atoms with Crippen LogP contribution in [0.25, 0.3) is 17.3 Å². The zero-order chi connectivity index (χ0) is 22.8. The molecule has 162 valence electrons. The minimum Gasteiger partial charge on any atom is -0.465 e. The van der Waals surface area contributed by atoms with Crippen molar-refractivity contribution in [2.24, 2.45) is 0 Å². The zero-order valence-electron chi connectivity index (χ0n) is 18.3. The van der Waals surface area contributed by atoms with Gasteiger partial charge in [0.05, 0.1) is 14.2 Å². The van der Waals surface area contributed by atoms with Crippen LogP contribution in [0.3, 0.4) is 0 Å². The van der Waals surface area contributed by atoms with Gasteiger partial charge in [-0.3, -0.25) is 0 Å². The van der Waals surface area contributed by atoms with Gasteiger partial charge in [0.2, 0.25) is 5.95 Å². The molecule has 2 heterocycles. The van der Waals surface area contributed by atoms with E-state index in [4.69, 9.17) is 9.47 Å². The van der Waals surface area contributed by atoms with Crippen LogP contribution in [0.2, 0.25) is 0 Å². The second-order valence-corrected chi connectivity index (χ2v) is 7.73. The van der Waals surface area contributed by atoms with Crippen molar-refractivity contribution in [2.75, 3.05) is 19.5 Å². The minimum atomic E-state index is -0.798. The lowest BCUT2D eigenvalue weighted by molar-refractivity contribution is 0.0550. The maximum atomic E-state index is 12.5. The molecule has 0 aliphatic carbocycles. The Morgan fingerprint density at radius 1 is 0.968 bits per heavy atom. The van der Waals surface area contributed by atoms with E-state index in [1.807, 2.05) is 51.1 Å². The van der Waals surface area contributed by atoms with Gasteiger partial charge in [-0.25, -0.2) is 19.1 Å². The summed E-state index contributed by atoms with van der Waals surface area (Å²) in [5.74, 6) is -0.322. The third kappa shape index (κ3) is 4.52. The highest BCUT2D eigenvalue weighted by atomic mass is 16.5. The highest BCUT2D eigenvalue weighted by Gasteiger charge is 2.30. The van der Waals surface area contributed by atoms with E-state index < -0.39 is 17.5 Å². The standard InChI is InChI=1S/C21H24N6O4/c1-12-25-26-17(13-10-8-7-9-11-13)27(12)20-22-15(19(29)31-6)14(18(28)30-5)16(23-20)24-21(2,3)4/h7-11H,1-6H3,(H,22,23,24). The molecule has 0 spiro atoms. The van der Waals surface area contributed by atoms with Crippen molar-refractivity contribution < 1.29 is 19.1 Å². The van der Waals surface area contributed by atoms with Crippen LogP contribution in [-0.4, -0.2) is 56.4 Å². The first-order valence-electron chi connectivity index (χ1n) is 9.51. The third-order valence-corrected chi connectivity index (χ3v) is 4.22. The Bertz CT molecular complexity index is 1120. The molecule has 0 aliphatic rings. The molecule has 0 amide bonds. The lowest BCUT2D eigenvalue weighted by Gasteiger charge is -2.24. The number of aromatic nitrogens is 5. The van der Waals surface area contributed by atoms with Crippen LogP contribution in [0.4, 0.5) is 5.82 Å². The molecule has 0 radical (unpaired) electrons. The number of hydrogen-bond acceptors (Lipinski definition) is 9. The molecule has 1 N–H and O–H groups in total. The number of benzene rings is 1. The Labute approximate surface area is 179 Å². The van der Waals surface area contributed by atoms with E-state index in [2.05, 4.69) is 25.5 Å². The molecule has 3 aromatic rings. The number of rotatable bonds is 5. The second-order valence-electron chi connectivity index (χ2n) is 7.73. The summed E-state index contributed by atoms with van der Waals surface area (Å²) in [6.07, 6.45) is 0. The molecule has 0 unspecified atom stereocenters. The Morgan fingerprint density at radius 2 is 1.61 bits per heavy atom. The number of nitrogens with one attached hydrogen (secondary N) is 1. The second kappa shape index (κ2) is 8.50. The molecule has 0 bridgehead atoms. The van der Waals surface area contributed by atoms with Crippen molar-refractivity contribution in [1.82, 2.24) is 24.7 Å². The molecule has 10 heteroatoms. The minimum absolute atomic E-state index is 0.111. The first kappa shape index (κ1) is 21.9. The number of ether oxygens (including phenoxy) is 2. The van der Waals surface area contributed by atoms with Gasteiger partial charge in [-0.1, -0.05) is 30.3 Å². The molecule has 0 atom stereocenters. The molecule has 0 saturated heterocycles. The first-order chi connectivity index (χ1) is 14.7. The Morgan fingerprint density at radius 3 is 2.19 bits per heavy atom. The molecule has 10 nitrogen and oxygen atoms in total. The fraction of sp³-hybridized carbons (Fsp3) is 0.333. The summed E-state index contributed by atoms with van der Waals surface area (Å²) in [4.78, 5) is 34.0. The molecular formula is C21H24N6O4. The van der Waals surface area contributed by atoms with Crippen LogP contribution in [0.1, 0.15) is 47.4 Å². The number of carbonyl (C=O) groups is 2. The Balaban J connectivity index is 2.33. The predicted molar refractivity (Wildman–Crippen MR) is 113 cm³/mol. The molecule has 3 rings (SSSR count). The van der Waals surface area contributed by atoms with Crippen molar-refractivity contribution in [2.45, 2.75) is 33.2 Å². The van der Waals surface area contributed by atoms with Gasteiger partial charge in [0.15, 0.2) is 11.5 Å². The summed E-state index contributed by atoms with van der Waals surface area (Å²) in [6, 6.07) is 9.38. The van der Waals surface area contributed by atoms with Crippen molar-refractivity contribution in [3.63, 3.8) is 0 Å². The van der Waals surface area contributed by atoms with Crippen LogP contribution in [0, 0.1) is 6.92 Å². The average molecular weight is 424 g/mol. The van der Waals surface area contributed by atoms with Crippen LogP contribution < -0.4 is 5.32 Å². The summed E-state index contributed by atoms with van der Waals surface area (Å²) in [7, 11) is 2.43. The van der Waals surface area contributed by atoms with E-state index in [1.54, 1.807) is 11.5 Å². The third-order valence-electron chi connectivity index (χ3n) is 4.22. The number of carbonyl (C=O) groups excluding carboxylic acids is 2. The molecular weight excluding hydrogens is 400 g/mol. The van der Waals surface area contributed by atoms with Gasteiger partial charge < -0.3 is 14.8 Å². The van der Waals surface area contributed by atoms with Crippen molar-refractivity contribution in [3.8, 4) is 17.3 Å². The van der Waals surface area contributed by atoms with Crippen LogP contribution >= 0.6 is 0 Å². The summed E-state index contributed by atoms with van der Waals surface area (Å²) in [5.41, 5.74) is -0.0290. The maximum Gasteiger partial charge on any atom is 0.357 e. The van der Waals surface area contributed by atoms with Gasteiger partial charge in [-0.2, -0.15) is 4.98 Å². The topological polar surface area (TPSA) is 121 Å². The van der Waals surface area contributed by atoms with Crippen LogP contribution in [0.15, 0.2) is 30.3 Å². The first-order valence-corrected chi connectivity index (χ1v) is 9.51. The molecule has 0 saturated carbocycles. The number of nitrogens with zero attached hydrogens (tertiary/aromatic N) is 5. The largest absolute Gasteiger partial charge is 0.465 e. The number of esters is 2. The lowest BCUT2D eigenvalue weighted by atomic mass is 10.1. The zero-order valence-corrected chi connectivity index (χ0v) is 18.3. The van der Waals surface area contributed by atoms with Gasteiger partial charge in [-0.15, -0.1) is 10.2 Å². The van der Waals surface area contributed by atoms with Gasteiger partial charge in [0.25, 0.3) is 0 Å². The van der Waals surface area contributed by atoms with Gasteiger partial charge >= 0.3 is 11.9 Å². The summed E-state index contributed by atoms with van der Waals surface area (Å²) >= 11 is 0. The van der Waals surface area contributed by atoms with Crippen molar-refractivity contribution in [1.29, 1.82) is 0 Å². The molecule has 0 aliphatic heterocycles. The van der Waals surface area contributed by atoms with Crippen molar-refractivity contribution in [3.05, 3.63) is 47.4 Å². The number of methoxy groups -OCH3 is 2. The van der Waals surface area contributed by atoms with Gasteiger partial charge in [-0.05, 0) is 27.7 Å². The summed E-state index contributed by atoms with van der Waals surface area (Å²) in [5, 5.41) is 11.5. The normalized spacial score (nSPS) is 11.2. The van der Waals surface area contributed by atoms with E-state index in [9.17, 15) is 9.59 Å². The maximum absolute atomic E-state index is 12.5. The van der Waals surface area contributed by atoms with E-state index in [1.165, 1.54) is 14.2 Å². The fourth-order valence-electron chi connectivity index (χ4n) is 2.91. The fourth-order valence-corrected chi connectivity index (χ4v) is 2.91. The summed E-state index contributed by atoms with van der Waals surface area (Å²) in [6.45, 7) is 7.43. The quantitative estimate of drug-likeness (QED) is 0.616. The Hall–Kier alpha value is -3.82. The van der Waals surface area contributed by atoms with Crippen LogP contribution in [0.5, 0.6) is 0 Å². The predicted octanol–water partition coefficient (Wildman–Crippen LogP) is 2.82. The molecule has 1 aromatic carbocycles. The number of aryl methyl sites for hydroxylation is 1. The van der Waals surface area contributed by atoms with E-state index in [0.717, 1.165) is 5.56 Å². The molecule has 31 heavy (non-hydrogen) atoms. The lowest BCUT2D eigenvalue weighted by Crippen LogP contribution is -2.30. The smallest absolute Gasteiger partial charge is 0.357 e. The van der Waals surface area contributed by atoms with Gasteiger partial charge in [0, 0.05) is 11.1 Å². The molecule has 0 fully saturated rings.